The lowest BCUT2D eigenvalue weighted by Crippen LogP contribution is -2.18. The third-order valence-electron chi connectivity index (χ3n) is 2.70. The summed E-state index contributed by atoms with van der Waals surface area (Å²) in [7, 11) is 0. The second-order valence-corrected chi connectivity index (χ2v) is 3.62. The highest BCUT2D eigenvalue weighted by atomic mass is 16.5. The first kappa shape index (κ1) is 9.52. The first-order chi connectivity index (χ1) is 6.83. The van der Waals surface area contributed by atoms with Crippen molar-refractivity contribution in [2.45, 2.75) is 32.4 Å². The molecule has 2 heterocycles. The van der Waals surface area contributed by atoms with Crippen LogP contribution < -0.4 is 5.32 Å². The van der Waals surface area contributed by atoms with Gasteiger partial charge in [0.05, 0.1) is 12.1 Å². The van der Waals surface area contributed by atoms with Crippen molar-refractivity contribution < 1.29 is 4.74 Å². The Morgan fingerprint density at radius 2 is 2.57 bits per heavy atom. The monoisotopic (exact) mass is 195 g/mol. The van der Waals surface area contributed by atoms with Crippen LogP contribution in [-0.2, 0) is 4.74 Å². The molecule has 2 unspecified atom stereocenters. The summed E-state index contributed by atoms with van der Waals surface area (Å²) in [6.07, 6.45) is 5.23. The summed E-state index contributed by atoms with van der Waals surface area (Å²) in [5.41, 5.74) is 0. The van der Waals surface area contributed by atoms with E-state index in [9.17, 15) is 0 Å². The molecular formula is C10H17N3O. The van der Waals surface area contributed by atoms with E-state index >= 15 is 0 Å². The molecule has 0 saturated carbocycles. The molecule has 1 aliphatic heterocycles. The Morgan fingerprint density at radius 3 is 3.21 bits per heavy atom. The van der Waals surface area contributed by atoms with Crippen LogP contribution in [0.15, 0.2) is 12.4 Å². The van der Waals surface area contributed by atoms with Crippen molar-refractivity contribution in [3.05, 3.63) is 12.4 Å². The van der Waals surface area contributed by atoms with Crippen molar-refractivity contribution in [1.29, 1.82) is 0 Å². The molecule has 0 aliphatic carbocycles. The zero-order valence-electron chi connectivity index (χ0n) is 8.73. The Balaban J connectivity index is 2.17. The number of nitrogens with one attached hydrogen (secondary N) is 1. The molecule has 14 heavy (non-hydrogen) atoms. The Bertz CT molecular complexity index is 297. The van der Waals surface area contributed by atoms with Crippen molar-refractivity contribution in [2.75, 3.05) is 18.5 Å². The van der Waals surface area contributed by atoms with Gasteiger partial charge in [0.15, 0.2) is 0 Å². The van der Waals surface area contributed by atoms with Gasteiger partial charge in [-0.1, -0.05) is 0 Å². The number of imidazole rings is 1. The van der Waals surface area contributed by atoms with E-state index in [1.807, 2.05) is 12.4 Å². The molecule has 0 spiro atoms. The Labute approximate surface area is 84.3 Å². The van der Waals surface area contributed by atoms with Crippen LogP contribution in [0, 0.1) is 0 Å². The Kier molecular flexibility index (Phi) is 2.72. The fourth-order valence-electron chi connectivity index (χ4n) is 1.96. The zero-order chi connectivity index (χ0) is 9.97. The van der Waals surface area contributed by atoms with Crippen molar-refractivity contribution in [2.24, 2.45) is 0 Å². The molecule has 1 aromatic rings. The lowest BCUT2D eigenvalue weighted by atomic mass is 10.1. The second kappa shape index (κ2) is 4.00. The van der Waals surface area contributed by atoms with E-state index in [-0.39, 0.29) is 0 Å². The van der Waals surface area contributed by atoms with Crippen LogP contribution in [0.25, 0.3) is 0 Å². The summed E-state index contributed by atoms with van der Waals surface area (Å²) in [5.74, 6) is 0.954. The Hall–Kier alpha value is -1.03. The van der Waals surface area contributed by atoms with Crippen LogP contribution in [0.3, 0.4) is 0 Å². The summed E-state index contributed by atoms with van der Waals surface area (Å²) in [4.78, 5) is 4.28. The molecule has 1 fully saturated rings. The number of ether oxygens (including phenoxy) is 1. The third kappa shape index (κ3) is 1.62. The maximum absolute atomic E-state index is 5.55. The van der Waals surface area contributed by atoms with Crippen molar-refractivity contribution in [3.8, 4) is 0 Å². The van der Waals surface area contributed by atoms with Gasteiger partial charge in [0, 0.05) is 25.5 Å². The van der Waals surface area contributed by atoms with Crippen LogP contribution >= 0.6 is 0 Å². The van der Waals surface area contributed by atoms with E-state index < -0.39 is 0 Å². The molecule has 4 heteroatoms. The van der Waals surface area contributed by atoms with E-state index in [1.165, 1.54) is 0 Å². The van der Waals surface area contributed by atoms with Crippen LogP contribution in [0.2, 0.25) is 0 Å². The molecule has 1 saturated heterocycles. The fourth-order valence-corrected chi connectivity index (χ4v) is 1.96. The minimum absolute atomic E-state index is 0.293. The molecule has 1 N–H and O–H groups in total. The number of hydrogen-bond donors (Lipinski definition) is 1. The van der Waals surface area contributed by atoms with E-state index in [0.29, 0.717) is 12.1 Å². The quantitative estimate of drug-likeness (QED) is 0.797. The molecule has 78 valence electrons. The average Bonchev–Trinajstić information content (AvgIpc) is 2.74. The lowest BCUT2D eigenvalue weighted by Gasteiger charge is -2.18. The molecule has 4 nitrogen and oxygen atoms in total. The van der Waals surface area contributed by atoms with Crippen LogP contribution in [-0.4, -0.2) is 28.8 Å². The molecule has 0 bridgehead atoms. The minimum atomic E-state index is 0.293. The van der Waals surface area contributed by atoms with E-state index in [1.54, 1.807) is 0 Å². The van der Waals surface area contributed by atoms with Gasteiger partial charge in [-0.05, 0) is 20.3 Å². The van der Waals surface area contributed by atoms with E-state index in [2.05, 4.69) is 28.7 Å². The Morgan fingerprint density at radius 1 is 1.71 bits per heavy atom. The van der Waals surface area contributed by atoms with Gasteiger partial charge in [-0.3, -0.25) is 0 Å². The van der Waals surface area contributed by atoms with E-state index in [0.717, 1.165) is 25.5 Å². The number of nitrogens with zero attached hydrogens (tertiary/aromatic N) is 2. The first-order valence-electron chi connectivity index (χ1n) is 5.21. The molecule has 0 aromatic carbocycles. The van der Waals surface area contributed by atoms with Gasteiger partial charge in [-0.25, -0.2) is 4.98 Å². The highest BCUT2D eigenvalue weighted by molar-refractivity contribution is 5.26. The standard InChI is InChI=1S/C10H17N3O/c1-3-11-10-12-5-6-13(10)9-4-7-14-8(9)2/h5-6,8-9H,3-4,7H2,1-2H3,(H,11,12). The predicted octanol–water partition coefficient (Wildman–Crippen LogP) is 1.66. The lowest BCUT2D eigenvalue weighted by molar-refractivity contribution is 0.108. The number of aromatic nitrogens is 2. The summed E-state index contributed by atoms with van der Waals surface area (Å²) < 4.78 is 7.73. The fraction of sp³-hybridized carbons (Fsp3) is 0.700. The van der Waals surface area contributed by atoms with Crippen molar-refractivity contribution >= 4 is 5.95 Å². The number of anilines is 1. The van der Waals surface area contributed by atoms with Gasteiger partial charge in [0.25, 0.3) is 0 Å². The molecule has 1 aliphatic rings. The minimum Gasteiger partial charge on any atom is -0.376 e. The molecule has 2 atom stereocenters. The SMILES string of the molecule is CCNc1nccn1C1CCOC1C. The maximum Gasteiger partial charge on any atom is 0.203 e. The van der Waals surface area contributed by atoms with Crippen LogP contribution in [0.5, 0.6) is 0 Å². The highest BCUT2D eigenvalue weighted by Gasteiger charge is 2.26. The van der Waals surface area contributed by atoms with Crippen LogP contribution in [0.1, 0.15) is 26.3 Å². The van der Waals surface area contributed by atoms with Crippen molar-refractivity contribution in [3.63, 3.8) is 0 Å². The van der Waals surface area contributed by atoms with Gasteiger partial charge in [0.2, 0.25) is 5.95 Å². The third-order valence-corrected chi connectivity index (χ3v) is 2.70. The zero-order valence-corrected chi connectivity index (χ0v) is 8.73. The first-order valence-corrected chi connectivity index (χ1v) is 5.21. The molecule has 0 radical (unpaired) electrons. The average molecular weight is 195 g/mol. The summed E-state index contributed by atoms with van der Waals surface area (Å²) in [5, 5.41) is 3.25. The second-order valence-electron chi connectivity index (χ2n) is 3.62. The molecular weight excluding hydrogens is 178 g/mol. The topological polar surface area (TPSA) is 39.1 Å². The molecule has 0 amide bonds. The predicted molar refractivity (Wildman–Crippen MR) is 55.5 cm³/mol. The van der Waals surface area contributed by atoms with E-state index in [4.69, 9.17) is 4.74 Å². The van der Waals surface area contributed by atoms with Gasteiger partial charge in [-0.2, -0.15) is 0 Å². The maximum atomic E-state index is 5.55. The van der Waals surface area contributed by atoms with Gasteiger partial charge < -0.3 is 14.6 Å². The summed E-state index contributed by atoms with van der Waals surface area (Å²) >= 11 is 0. The molecule has 1 aromatic heterocycles. The van der Waals surface area contributed by atoms with Gasteiger partial charge in [0.1, 0.15) is 0 Å². The van der Waals surface area contributed by atoms with Crippen molar-refractivity contribution in [1.82, 2.24) is 9.55 Å². The molecule has 2 rings (SSSR count). The summed E-state index contributed by atoms with van der Waals surface area (Å²) in [6, 6.07) is 0.437. The van der Waals surface area contributed by atoms with Crippen LogP contribution in [0.4, 0.5) is 5.95 Å². The number of rotatable bonds is 3. The normalized spacial score (nSPS) is 26.7. The largest absolute Gasteiger partial charge is 0.376 e. The highest BCUT2D eigenvalue weighted by Crippen LogP contribution is 2.28. The number of hydrogen-bond acceptors (Lipinski definition) is 3. The van der Waals surface area contributed by atoms with Gasteiger partial charge in [-0.15, -0.1) is 0 Å². The summed E-state index contributed by atoms with van der Waals surface area (Å²) in [6.45, 7) is 5.95. The smallest absolute Gasteiger partial charge is 0.203 e. The van der Waals surface area contributed by atoms with Gasteiger partial charge >= 0.3 is 0 Å².